The van der Waals surface area contributed by atoms with Gasteiger partial charge in [-0.2, -0.15) is 0 Å². The lowest BCUT2D eigenvalue weighted by Gasteiger charge is -2.14. The van der Waals surface area contributed by atoms with Crippen molar-refractivity contribution >= 4 is 29.3 Å². The molecule has 0 aliphatic carbocycles. The smallest absolute Gasteiger partial charge is 0.251 e. The van der Waals surface area contributed by atoms with E-state index in [0.29, 0.717) is 33.7 Å². The van der Waals surface area contributed by atoms with Crippen LogP contribution >= 0.6 is 11.8 Å². The summed E-state index contributed by atoms with van der Waals surface area (Å²) in [6, 6.07) is 3.27. The number of thioether (sulfide) groups is 1. The molecular formula is C15H18N2O5S. The highest BCUT2D eigenvalue weighted by molar-refractivity contribution is 8.04. The molecule has 1 aromatic carbocycles. The van der Waals surface area contributed by atoms with Crippen LogP contribution in [0.3, 0.4) is 0 Å². The number of nitrogens with zero attached hydrogens (tertiary/aromatic N) is 1. The lowest BCUT2D eigenvalue weighted by molar-refractivity contribution is -0.124. The number of benzene rings is 1. The molecule has 23 heavy (non-hydrogen) atoms. The van der Waals surface area contributed by atoms with E-state index in [4.69, 9.17) is 14.2 Å². The summed E-state index contributed by atoms with van der Waals surface area (Å²) in [6.07, 6.45) is 1.39. The molecule has 8 heteroatoms. The zero-order chi connectivity index (χ0) is 17.0. The summed E-state index contributed by atoms with van der Waals surface area (Å²) in [6.45, 7) is 0. The van der Waals surface area contributed by atoms with Gasteiger partial charge in [-0.3, -0.25) is 9.59 Å². The van der Waals surface area contributed by atoms with E-state index in [-0.39, 0.29) is 11.8 Å². The Labute approximate surface area is 138 Å². The molecule has 7 nitrogen and oxygen atoms in total. The molecule has 124 valence electrons. The molecule has 2 rings (SSSR count). The lowest BCUT2D eigenvalue weighted by Crippen LogP contribution is -2.20. The zero-order valence-electron chi connectivity index (χ0n) is 13.3. The Hall–Kier alpha value is -2.35. The number of carbonyl (C=O) groups excluding carboxylic acids is 2. The fourth-order valence-electron chi connectivity index (χ4n) is 2.03. The maximum Gasteiger partial charge on any atom is 0.251 e. The standard InChI is InChI=1S/C15H18N2O5S/c1-17-13(19)8-23-14(17)7-12(18)16-9-5-10(20-2)15(22-4)11(6-9)21-3/h5-7H,8H2,1-4H3,(H,16,18)/b14-7-. The van der Waals surface area contributed by atoms with Crippen LogP contribution < -0.4 is 19.5 Å². The predicted octanol–water partition coefficient (Wildman–Crippen LogP) is 1.70. The Morgan fingerprint density at radius 3 is 2.26 bits per heavy atom. The summed E-state index contributed by atoms with van der Waals surface area (Å²) in [5, 5.41) is 3.33. The van der Waals surface area contributed by atoms with E-state index >= 15 is 0 Å². The molecule has 0 atom stereocenters. The van der Waals surface area contributed by atoms with Gasteiger partial charge in [0.15, 0.2) is 11.5 Å². The second-order valence-corrected chi connectivity index (χ2v) is 5.62. The molecule has 0 bridgehead atoms. The van der Waals surface area contributed by atoms with Gasteiger partial charge >= 0.3 is 0 Å². The Morgan fingerprint density at radius 1 is 1.22 bits per heavy atom. The van der Waals surface area contributed by atoms with E-state index in [2.05, 4.69) is 5.32 Å². The summed E-state index contributed by atoms with van der Waals surface area (Å²) >= 11 is 1.33. The van der Waals surface area contributed by atoms with Gasteiger partial charge in [0.25, 0.3) is 5.91 Å². The molecule has 0 spiro atoms. The molecule has 0 aromatic heterocycles. The van der Waals surface area contributed by atoms with E-state index in [1.165, 1.54) is 44.1 Å². The average Bonchev–Trinajstić information content (AvgIpc) is 2.85. The normalized spacial score (nSPS) is 15.7. The first-order valence-corrected chi connectivity index (χ1v) is 7.70. The lowest BCUT2D eigenvalue weighted by atomic mass is 10.2. The molecule has 1 aliphatic heterocycles. The Balaban J connectivity index is 2.21. The third-order valence-corrected chi connectivity index (χ3v) is 4.31. The average molecular weight is 338 g/mol. The molecule has 1 heterocycles. The third-order valence-electron chi connectivity index (χ3n) is 3.24. The molecular weight excluding hydrogens is 320 g/mol. The van der Waals surface area contributed by atoms with Crippen molar-refractivity contribution in [2.45, 2.75) is 0 Å². The van der Waals surface area contributed by atoms with Crippen LogP contribution in [-0.2, 0) is 9.59 Å². The third kappa shape index (κ3) is 3.70. The van der Waals surface area contributed by atoms with Crippen molar-refractivity contribution in [2.24, 2.45) is 0 Å². The summed E-state index contributed by atoms with van der Waals surface area (Å²) in [5.41, 5.74) is 0.498. The van der Waals surface area contributed by atoms with Crippen molar-refractivity contribution in [1.82, 2.24) is 4.90 Å². The maximum absolute atomic E-state index is 12.1. The Morgan fingerprint density at radius 2 is 1.83 bits per heavy atom. The highest BCUT2D eigenvalue weighted by Crippen LogP contribution is 2.40. The first kappa shape index (κ1) is 17.0. The highest BCUT2D eigenvalue weighted by atomic mass is 32.2. The number of carbonyl (C=O) groups is 2. The number of hydrogen-bond donors (Lipinski definition) is 1. The molecule has 1 aromatic rings. The van der Waals surface area contributed by atoms with Gasteiger partial charge in [0.1, 0.15) is 0 Å². The molecule has 1 aliphatic rings. The van der Waals surface area contributed by atoms with Crippen LogP contribution in [0.25, 0.3) is 0 Å². The van der Waals surface area contributed by atoms with E-state index in [1.54, 1.807) is 19.2 Å². The zero-order valence-corrected chi connectivity index (χ0v) is 14.2. The van der Waals surface area contributed by atoms with Crippen LogP contribution in [0.1, 0.15) is 0 Å². The second-order valence-electron chi connectivity index (χ2n) is 4.63. The minimum absolute atomic E-state index is 0.0261. The first-order chi connectivity index (χ1) is 11.0. The van der Waals surface area contributed by atoms with Gasteiger partial charge in [-0.25, -0.2) is 0 Å². The van der Waals surface area contributed by atoms with Gasteiger partial charge in [0.05, 0.1) is 32.1 Å². The van der Waals surface area contributed by atoms with Crippen molar-refractivity contribution in [2.75, 3.05) is 39.4 Å². The maximum atomic E-state index is 12.1. The number of nitrogens with one attached hydrogen (secondary N) is 1. The van der Waals surface area contributed by atoms with E-state index in [0.717, 1.165) is 0 Å². The summed E-state index contributed by atoms with van der Waals surface area (Å²) in [5.74, 6) is 1.31. The fourth-order valence-corrected chi connectivity index (χ4v) is 2.99. The minimum Gasteiger partial charge on any atom is -0.493 e. The second kappa shape index (κ2) is 7.28. The SMILES string of the molecule is COc1cc(NC(=O)/C=C2\SCC(=O)N2C)cc(OC)c1OC. The van der Waals surface area contributed by atoms with Gasteiger partial charge in [-0.15, -0.1) is 0 Å². The predicted molar refractivity (Wildman–Crippen MR) is 88.0 cm³/mol. The Kier molecular flexibility index (Phi) is 5.38. The number of rotatable bonds is 5. The molecule has 0 radical (unpaired) electrons. The van der Waals surface area contributed by atoms with Crippen LogP contribution in [0.5, 0.6) is 17.2 Å². The summed E-state index contributed by atoms with van der Waals surface area (Å²) in [7, 11) is 6.15. The van der Waals surface area contributed by atoms with Crippen LogP contribution in [0.15, 0.2) is 23.2 Å². The molecule has 0 saturated carbocycles. The molecule has 1 N–H and O–H groups in total. The topological polar surface area (TPSA) is 77.1 Å². The van der Waals surface area contributed by atoms with Crippen LogP contribution in [0.2, 0.25) is 0 Å². The van der Waals surface area contributed by atoms with Crippen LogP contribution in [0, 0.1) is 0 Å². The number of anilines is 1. The molecule has 1 saturated heterocycles. The monoisotopic (exact) mass is 338 g/mol. The van der Waals surface area contributed by atoms with Crippen molar-refractivity contribution in [3.05, 3.63) is 23.2 Å². The van der Waals surface area contributed by atoms with Crippen LogP contribution in [-0.4, -0.2) is 50.8 Å². The quantitative estimate of drug-likeness (QED) is 0.824. The molecule has 2 amide bonds. The summed E-state index contributed by atoms with van der Waals surface area (Å²) < 4.78 is 15.7. The van der Waals surface area contributed by atoms with Gasteiger partial charge in [-0.05, 0) is 0 Å². The number of ether oxygens (including phenoxy) is 3. The first-order valence-electron chi connectivity index (χ1n) is 6.72. The Bertz CT molecular complexity index is 634. The molecule has 1 fully saturated rings. The number of amides is 2. The van der Waals surface area contributed by atoms with Gasteiger partial charge in [0, 0.05) is 30.9 Å². The summed E-state index contributed by atoms with van der Waals surface area (Å²) in [4.78, 5) is 25.0. The highest BCUT2D eigenvalue weighted by Gasteiger charge is 2.23. The van der Waals surface area contributed by atoms with Crippen LogP contribution in [0.4, 0.5) is 5.69 Å². The molecule has 0 unspecified atom stereocenters. The van der Waals surface area contributed by atoms with Crippen molar-refractivity contribution < 1.29 is 23.8 Å². The number of methoxy groups -OCH3 is 3. The number of hydrogen-bond acceptors (Lipinski definition) is 6. The fraction of sp³-hybridized carbons (Fsp3) is 0.333. The van der Waals surface area contributed by atoms with E-state index < -0.39 is 0 Å². The largest absolute Gasteiger partial charge is 0.493 e. The van der Waals surface area contributed by atoms with Gasteiger partial charge in [-0.1, -0.05) is 11.8 Å². The van der Waals surface area contributed by atoms with Gasteiger partial charge in [0.2, 0.25) is 11.7 Å². The van der Waals surface area contributed by atoms with Gasteiger partial charge < -0.3 is 24.4 Å². The van der Waals surface area contributed by atoms with E-state index in [1.807, 2.05) is 0 Å². The van der Waals surface area contributed by atoms with Crippen molar-refractivity contribution in [1.29, 1.82) is 0 Å². The van der Waals surface area contributed by atoms with Crippen molar-refractivity contribution in [3.63, 3.8) is 0 Å². The minimum atomic E-state index is -0.344. The van der Waals surface area contributed by atoms with E-state index in [9.17, 15) is 9.59 Å². The van der Waals surface area contributed by atoms with Crippen molar-refractivity contribution in [3.8, 4) is 17.2 Å².